The monoisotopic (exact) mass is 429 g/mol. The Labute approximate surface area is 182 Å². The Morgan fingerprint density at radius 1 is 1.30 bits per heavy atom. The number of hydrogen-bond acceptors (Lipinski definition) is 4. The first kappa shape index (κ1) is 21.8. The summed E-state index contributed by atoms with van der Waals surface area (Å²) in [7, 11) is 1.78. The molecular weight excluding hydrogens is 402 g/mol. The predicted molar refractivity (Wildman–Crippen MR) is 121 cm³/mol. The van der Waals surface area contributed by atoms with E-state index in [2.05, 4.69) is 26.6 Å². The van der Waals surface area contributed by atoms with Crippen LogP contribution in [0.3, 0.4) is 0 Å². The fourth-order valence-corrected chi connectivity index (χ4v) is 3.59. The SMILES string of the molecule is CN=C(NCCc1ccc(OCC(N)=O)cc1)NC1CCN(c2cccc(Cl)c2)C1. The van der Waals surface area contributed by atoms with Gasteiger partial charge in [-0.25, -0.2) is 0 Å². The molecule has 160 valence electrons. The number of halogens is 1. The van der Waals surface area contributed by atoms with Crippen LogP contribution in [0.1, 0.15) is 12.0 Å². The van der Waals surface area contributed by atoms with Crippen LogP contribution in [0, 0.1) is 0 Å². The zero-order valence-corrected chi connectivity index (χ0v) is 17.9. The highest BCUT2D eigenvalue weighted by Gasteiger charge is 2.23. The van der Waals surface area contributed by atoms with Gasteiger partial charge in [-0.3, -0.25) is 9.79 Å². The predicted octanol–water partition coefficient (Wildman–Crippen LogP) is 2.19. The molecule has 0 aromatic heterocycles. The number of anilines is 1. The number of aliphatic imine (C=N–C) groups is 1. The quantitative estimate of drug-likeness (QED) is 0.442. The summed E-state index contributed by atoms with van der Waals surface area (Å²) in [6.45, 7) is 2.54. The van der Waals surface area contributed by atoms with Crippen LogP contribution >= 0.6 is 11.6 Å². The van der Waals surface area contributed by atoms with Gasteiger partial charge in [0, 0.05) is 43.4 Å². The summed E-state index contributed by atoms with van der Waals surface area (Å²) in [6, 6.07) is 15.9. The molecule has 0 saturated carbocycles. The molecule has 1 aliphatic heterocycles. The first-order valence-corrected chi connectivity index (χ1v) is 10.4. The van der Waals surface area contributed by atoms with Crippen molar-refractivity contribution in [3.05, 3.63) is 59.1 Å². The number of nitrogens with one attached hydrogen (secondary N) is 2. The van der Waals surface area contributed by atoms with Gasteiger partial charge in [0.2, 0.25) is 0 Å². The first-order valence-electron chi connectivity index (χ1n) is 10.0. The number of primary amides is 1. The van der Waals surface area contributed by atoms with Gasteiger partial charge in [-0.2, -0.15) is 0 Å². The van der Waals surface area contributed by atoms with Crippen LogP contribution in [0.25, 0.3) is 0 Å². The number of guanidine groups is 1. The van der Waals surface area contributed by atoms with Crippen LogP contribution in [0.15, 0.2) is 53.5 Å². The van der Waals surface area contributed by atoms with Gasteiger partial charge in [-0.1, -0.05) is 29.8 Å². The summed E-state index contributed by atoms with van der Waals surface area (Å²) in [5.74, 6) is 0.947. The van der Waals surface area contributed by atoms with Crippen molar-refractivity contribution < 1.29 is 9.53 Å². The Balaban J connectivity index is 1.41. The molecule has 3 rings (SSSR count). The average molecular weight is 430 g/mol. The molecule has 1 heterocycles. The second-order valence-electron chi connectivity index (χ2n) is 7.20. The fourth-order valence-electron chi connectivity index (χ4n) is 3.41. The number of nitrogens with zero attached hydrogens (tertiary/aromatic N) is 2. The Hall–Kier alpha value is -2.93. The number of carbonyl (C=O) groups is 1. The summed E-state index contributed by atoms with van der Waals surface area (Å²) in [5, 5.41) is 7.63. The number of hydrogen-bond donors (Lipinski definition) is 3. The molecule has 8 heteroatoms. The Morgan fingerprint density at radius 2 is 2.10 bits per heavy atom. The van der Waals surface area contributed by atoms with E-state index in [1.54, 1.807) is 7.05 Å². The van der Waals surface area contributed by atoms with Crippen molar-refractivity contribution in [2.24, 2.45) is 10.7 Å². The van der Waals surface area contributed by atoms with Gasteiger partial charge in [0.15, 0.2) is 12.6 Å². The van der Waals surface area contributed by atoms with Gasteiger partial charge in [-0.05, 0) is 48.7 Å². The van der Waals surface area contributed by atoms with Crippen LogP contribution < -0.4 is 26.0 Å². The molecular formula is C22H28ClN5O2. The van der Waals surface area contributed by atoms with E-state index >= 15 is 0 Å². The highest BCUT2D eigenvalue weighted by molar-refractivity contribution is 6.30. The molecule has 0 radical (unpaired) electrons. The van der Waals surface area contributed by atoms with Crippen LogP contribution in [-0.2, 0) is 11.2 Å². The third kappa shape index (κ3) is 6.56. The molecule has 1 atom stereocenters. The first-order chi connectivity index (χ1) is 14.5. The second-order valence-corrected chi connectivity index (χ2v) is 7.64. The normalized spacial score (nSPS) is 16.4. The van der Waals surface area contributed by atoms with Gasteiger partial charge in [0.1, 0.15) is 5.75 Å². The zero-order valence-electron chi connectivity index (χ0n) is 17.1. The Morgan fingerprint density at radius 3 is 2.80 bits per heavy atom. The molecule has 4 N–H and O–H groups in total. The largest absolute Gasteiger partial charge is 0.484 e. The van der Waals surface area contributed by atoms with E-state index < -0.39 is 5.91 Å². The lowest BCUT2D eigenvalue weighted by Gasteiger charge is -2.20. The molecule has 0 bridgehead atoms. The van der Waals surface area contributed by atoms with Crippen LogP contribution in [-0.4, -0.2) is 51.2 Å². The maximum atomic E-state index is 10.8. The molecule has 30 heavy (non-hydrogen) atoms. The Bertz CT molecular complexity index is 872. The molecule has 1 amide bonds. The third-order valence-corrected chi connectivity index (χ3v) is 5.17. The molecule has 2 aromatic carbocycles. The molecule has 1 unspecified atom stereocenters. The molecule has 1 aliphatic rings. The van der Waals surface area contributed by atoms with Crippen LogP contribution in [0.4, 0.5) is 5.69 Å². The number of ether oxygens (including phenoxy) is 1. The topological polar surface area (TPSA) is 92.0 Å². The number of amides is 1. The molecule has 1 fully saturated rings. The van der Waals surface area contributed by atoms with E-state index in [9.17, 15) is 4.79 Å². The number of carbonyl (C=O) groups excluding carboxylic acids is 1. The minimum Gasteiger partial charge on any atom is -0.484 e. The number of benzene rings is 2. The fraction of sp³-hybridized carbons (Fsp3) is 0.364. The third-order valence-electron chi connectivity index (χ3n) is 4.94. The van der Waals surface area contributed by atoms with E-state index in [1.165, 1.54) is 0 Å². The zero-order chi connectivity index (χ0) is 21.3. The lowest BCUT2D eigenvalue weighted by molar-refractivity contribution is -0.119. The molecule has 0 spiro atoms. The van der Waals surface area contributed by atoms with Crippen molar-refractivity contribution in [3.63, 3.8) is 0 Å². The van der Waals surface area contributed by atoms with Crippen molar-refractivity contribution in [2.75, 3.05) is 38.2 Å². The maximum Gasteiger partial charge on any atom is 0.255 e. The molecule has 1 saturated heterocycles. The van der Waals surface area contributed by atoms with Crippen molar-refractivity contribution >= 4 is 29.2 Å². The summed E-state index contributed by atoms with van der Waals surface area (Å²) in [6.07, 6.45) is 1.89. The number of rotatable bonds is 8. The summed E-state index contributed by atoms with van der Waals surface area (Å²) < 4.78 is 5.27. The molecule has 7 nitrogen and oxygen atoms in total. The van der Waals surface area contributed by atoms with Crippen molar-refractivity contribution in [2.45, 2.75) is 18.9 Å². The minimum absolute atomic E-state index is 0.112. The average Bonchev–Trinajstić information content (AvgIpc) is 3.21. The minimum atomic E-state index is -0.486. The highest BCUT2D eigenvalue weighted by atomic mass is 35.5. The van der Waals surface area contributed by atoms with Crippen LogP contribution in [0.5, 0.6) is 5.75 Å². The van der Waals surface area contributed by atoms with E-state index in [0.717, 1.165) is 54.7 Å². The smallest absolute Gasteiger partial charge is 0.255 e. The van der Waals surface area contributed by atoms with Gasteiger partial charge in [0.25, 0.3) is 5.91 Å². The molecule has 0 aliphatic carbocycles. The lowest BCUT2D eigenvalue weighted by Crippen LogP contribution is -2.45. The highest BCUT2D eigenvalue weighted by Crippen LogP contribution is 2.23. The van der Waals surface area contributed by atoms with Crippen molar-refractivity contribution in [1.82, 2.24) is 10.6 Å². The van der Waals surface area contributed by atoms with E-state index in [0.29, 0.717) is 11.8 Å². The summed E-state index contributed by atoms with van der Waals surface area (Å²) >= 11 is 6.11. The number of nitrogens with two attached hydrogens (primary N) is 1. The lowest BCUT2D eigenvalue weighted by atomic mass is 10.1. The van der Waals surface area contributed by atoms with Crippen LogP contribution in [0.2, 0.25) is 5.02 Å². The van der Waals surface area contributed by atoms with E-state index in [4.69, 9.17) is 22.1 Å². The Kier molecular flexibility index (Phi) is 7.79. The van der Waals surface area contributed by atoms with Gasteiger partial charge in [0.05, 0.1) is 0 Å². The van der Waals surface area contributed by atoms with Gasteiger partial charge in [-0.15, -0.1) is 0 Å². The van der Waals surface area contributed by atoms with E-state index in [-0.39, 0.29) is 6.61 Å². The van der Waals surface area contributed by atoms with E-state index in [1.807, 2.05) is 42.5 Å². The van der Waals surface area contributed by atoms with Gasteiger partial charge < -0.3 is 26.0 Å². The van der Waals surface area contributed by atoms with Gasteiger partial charge >= 0.3 is 0 Å². The second kappa shape index (κ2) is 10.7. The summed E-state index contributed by atoms with van der Waals surface area (Å²) in [4.78, 5) is 17.4. The van der Waals surface area contributed by atoms with Crippen molar-refractivity contribution in [1.29, 1.82) is 0 Å². The molecule has 2 aromatic rings. The summed E-state index contributed by atoms with van der Waals surface area (Å²) in [5.41, 5.74) is 7.40. The van der Waals surface area contributed by atoms with Crippen molar-refractivity contribution in [3.8, 4) is 5.75 Å². The maximum absolute atomic E-state index is 10.8. The standard InChI is InChI=1S/C22H28ClN5O2/c1-25-22(26-11-9-16-5-7-20(8-6-16)30-15-21(24)29)27-18-10-12-28(14-18)19-4-2-3-17(23)13-19/h2-8,13,18H,9-12,14-15H2,1H3,(H2,24,29)(H2,25,26,27).